The molecule has 1 aromatic carbocycles. The van der Waals surface area contributed by atoms with Crippen LogP contribution in [0, 0.1) is 13.8 Å². The van der Waals surface area contributed by atoms with Crippen molar-refractivity contribution in [2.45, 2.75) is 78.2 Å². The SMILES string of the molecule is Cc1cc(C=Nc2ccc(C(C)(C)C)cc2)c(C)n1C1CCCCC1. The van der Waals surface area contributed by atoms with E-state index in [9.17, 15) is 0 Å². The van der Waals surface area contributed by atoms with Gasteiger partial charge in [0.1, 0.15) is 0 Å². The van der Waals surface area contributed by atoms with Crippen molar-refractivity contribution < 1.29 is 0 Å². The standard InChI is InChI=1S/C23H32N2/c1-17-15-19(18(2)25(17)22-9-7-6-8-10-22)16-24-21-13-11-20(12-14-21)23(3,4)5/h11-16,22H,6-10H2,1-5H3. The maximum Gasteiger partial charge on any atom is 0.0630 e. The first-order valence-electron chi connectivity index (χ1n) is 9.69. The maximum absolute atomic E-state index is 4.72. The molecule has 0 atom stereocenters. The molecule has 1 aliphatic carbocycles. The van der Waals surface area contributed by atoms with Crippen molar-refractivity contribution in [2.75, 3.05) is 0 Å². The number of rotatable bonds is 3. The quantitative estimate of drug-likeness (QED) is 0.558. The van der Waals surface area contributed by atoms with E-state index in [4.69, 9.17) is 4.99 Å². The van der Waals surface area contributed by atoms with Crippen LogP contribution in [0.2, 0.25) is 0 Å². The molecule has 0 aliphatic heterocycles. The zero-order chi connectivity index (χ0) is 18.0. The van der Waals surface area contributed by atoms with Crippen LogP contribution >= 0.6 is 0 Å². The molecule has 0 radical (unpaired) electrons. The second-order valence-electron chi connectivity index (χ2n) is 8.54. The lowest BCUT2D eigenvalue weighted by atomic mass is 9.87. The predicted octanol–water partition coefficient (Wildman–Crippen LogP) is 6.66. The van der Waals surface area contributed by atoms with Crippen LogP contribution in [0.25, 0.3) is 0 Å². The molecule has 0 spiro atoms. The summed E-state index contributed by atoms with van der Waals surface area (Å²) in [5.74, 6) is 0. The minimum atomic E-state index is 0.188. The summed E-state index contributed by atoms with van der Waals surface area (Å²) in [6.45, 7) is 11.2. The van der Waals surface area contributed by atoms with E-state index >= 15 is 0 Å². The molecule has 0 amide bonds. The van der Waals surface area contributed by atoms with E-state index in [1.807, 2.05) is 6.21 Å². The zero-order valence-electron chi connectivity index (χ0n) is 16.5. The normalized spacial score (nSPS) is 16.7. The Morgan fingerprint density at radius 3 is 2.24 bits per heavy atom. The van der Waals surface area contributed by atoms with E-state index in [1.54, 1.807) is 0 Å². The lowest BCUT2D eigenvalue weighted by Crippen LogP contribution is -2.15. The summed E-state index contributed by atoms with van der Waals surface area (Å²) in [6, 6.07) is 11.6. The molecule has 1 aromatic heterocycles. The highest BCUT2D eigenvalue weighted by molar-refractivity contribution is 5.83. The van der Waals surface area contributed by atoms with Gasteiger partial charge in [-0.25, -0.2) is 0 Å². The van der Waals surface area contributed by atoms with Gasteiger partial charge in [-0.15, -0.1) is 0 Å². The lowest BCUT2D eigenvalue weighted by Gasteiger charge is -2.26. The zero-order valence-corrected chi connectivity index (χ0v) is 16.5. The van der Waals surface area contributed by atoms with Crippen molar-refractivity contribution >= 4 is 11.9 Å². The molecule has 2 nitrogen and oxygen atoms in total. The largest absolute Gasteiger partial charge is 0.345 e. The van der Waals surface area contributed by atoms with Crippen LogP contribution < -0.4 is 0 Å². The van der Waals surface area contributed by atoms with E-state index < -0.39 is 0 Å². The monoisotopic (exact) mass is 336 g/mol. The van der Waals surface area contributed by atoms with Gasteiger partial charge in [-0.2, -0.15) is 0 Å². The summed E-state index contributed by atoms with van der Waals surface area (Å²) in [6.07, 6.45) is 8.81. The van der Waals surface area contributed by atoms with E-state index in [0.29, 0.717) is 6.04 Å². The minimum absolute atomic E-state index is 0.188. The van der Waals surface area contributed by atoms with E-state index in [1.165, 1.54) is 54.6 Å². The van der Waals surface area contributed by atoms with Crippen molar-refractivity contribution in [1.82, 2.24) is 4.57 Å². The molecule has 1 aliphatic rings. The summed E-state index contributed by atoms with van der Waals surface area (Å²) in [7, 11) is 0. The summed E-state index contributed by atoms with van der Waals surface area (Å²) >= 11 is 0. The third-order valence-electron chi connectivity index (χ3n) is 5.55. The van der Waals surface area contributed by atoms with Gasteiger partial charge in [0, 0.05) is 29.2 Å². The Hall–Kier alpha value is -1.83. The highest BCUT2D eigenvalue weighted by Gasteiger charge is 2.19. The summed E-state index contributed by atoms with van der Waals surface area (Å²) in [4.78, 5) is 4.72. The van der Waals surface area contributed by atoms with Crippen LogP contribution in [0.5, 0.6) is 0 Å². The van der Waals surface area contributed by atoms with Crippen LogP contribution in [0.15, 0.2) is 35.3 Å². The molecule has 1 heterocycles. The Labute approximate surface area is 153 Å². The molecule has 1 saturated carbocycles. The molecule has 25 heavy (non-hydrogen) atoms. The van der Waals surface area contributed by atoms with Crippen LogP contribution in [0.1, 0.15) is 81.4 Å². The Kier molecular flexibility index (Phi) is 5.17. The van der Waals surface area contributed by atoms with Gasteiger partial charge in [-0.3, -0.25) is 4.99 Å². The highest BCUT2D eigenvalue weighted by Crippen LogP contribution is 2.32. The number of hydrogen-bond donors (Lipinski definition) is 0. The molecule has 2 aromatic rings. The number of benzene rings is 1. The average molecular weight is 337 g/mol. The summed E-state index contributed by atoms with van der Waals surface area (Å²) in [5.41, 5.74) is 6.54. The third kappa shape index (κ3) is 4.05. The van der Waals surface area contributed by atoms with Crippen LogP contribution in [-0.4, -0.2) is 10.8 Å². The van der Waals surface area contributed by atoms with Crippen molar-refractivity contribution in [3.8, 4) is 0 Å². The van der Waals surface area contributed by atoms with E-state index in [0.717, 1.165) is 5.69 Å². The van der Waals surface area contributed by atoms with Crippen LogP contribution in [-0.2, 0) is 5.41 Å². The molecular weight excluding hydrogens is 304 g/mol. The van der Waals surface area contributed by atoms with Gasteiger partial charge in [0.05, 0.1) is 5.69 Å². The molecule has 134 valence electrons. The first kappa shape index (κ1) is 18.0. The summed E-state index contributed by atoms with van der Waals surface area (Å²) in [5, 5.41) is 0. The Morgan fingerprint density at radius 2 is 1.64 bits per heavy atom. The molecule has 0 saturated heterocycles. The number of aromatic nitrogens is 1. The van der Waals surface area contributed by atoms with Crippen molar-refractivity contribution in [3.63, 3.8) is 0 Å². The maximum atomic E-state index is 4.72. The van der Waals surface area contributed by atoms with Gasteiger partial charge in [0.25, 0.3) is 0 Å². The van der Waals surface area contributed by atoms with Gasteiger partial charge in [-0.05, 0) is 55.9 Å². The Bertz CT molecular complexity index is 736. The molecule has 1 fully saturated rings. The average Bonchev–Trinajstić information content (AvgIpc) is 2.87. The molecule has 0 N–H and O–H groups in total. The fraction of sp³-hybridized carbons (Fsp3) is 0.522. The first-order chi connectivity index (χ1) is 11.9. The molecular formula is C23H32N2. The first-order valence-corrected chi connectivity index (χ1v) is 9.69. The van der Waals surface area contributed by atoms with E-state index in [2.05, 4.69) is 69.5 Å². The second-order valence-corrected chi connectivity index (χ2v) is 8.54. The predicted molar refractivity (Wildman–Crippen MR) is 108 cm³/mol. The van der Waals surface area contributed by atoms with Crippen molar-refractivity contribution in [2.24, 2.45) is 4.99 Å². The Morgan fingerprint density at radius 1 is 1.00 bits per heavy atom. The topological polar surface area (TPSA) is 17.3 Å². The molecule has 0 bridgehead atoms. The van der Waals surface area contributed by atoms with Gasteiger partial charge in [0.2, 0.25) is 0 Å². The van der Waals surface area contributed by atoms with Crippen LogP contribution in [0.3, 0.4) is 0 Å². The third-order valence-corrected chi connectivity index (χ3v) is 5.55. The fourth-order valence-corrected chi connectivity index (χ4v) is 4.03. The van der Waals surface area contributed by atoms with Gasteiger partial charge < -0.3 is 4.57 Å². The lowest BCUT2D eigenvalue weighted by molar-refractivity contribution is 0.346. The number of hydrogen-bond acceptors (Lipinski definition) is 1. The van der Waals surface area contributed by atoms with Crippen LogP contribution in [0.4, 0.5) is 5.69 Å². The molecule has 3 rings (SSSR count). The fourth-order valence-electron chi connectivity index (χ4n) is 4.03. The number of nitrogens with zero attached hydrogens (tertiary/aromatic N) is 2. The Balaban J connectivity index is 1.80. The van der Waals surface area contributed by atoms with Gasteiger partial charge in [0.15, 0.2) is 0 Å². The second kappa shape index (κ2) is 7.19. The van der Waals surface area contributed by atoms with Gasteiger partial charge >= 0.3 is 0 Å². The number of aliphatic imine (C=N–C) groups is 1. The highest BCUT2D eigenvalue weighted by atomic mass is 15.0. The minimum Gasteiger partial charge on any atom is -0.345 e. The van der Waals surface area contributed by atoms with Crippen molar-refractivity contribution in [3.05, 3.63) is 52.8 Å². The number of aryl methyl sites for hydroxylation is 1. The smallest absolute Gasteiger partial charge is 0.0630 e. The molecule has 2 heteroatoms. The van der Waals surface area contributed by atoms with Gasteiger partial charge in [-0.1, -0.05) is 52.2 Å². The summed E-state index contributed by atoms with van der Waals surface area (Å²) < 4.78 is 2.54. The van der Waals surface area contributed by atoms with E-state index in [-0.39, 0.29) is 5.41 Å². The van der Waals surface area contributed by atoms with Crippen molar-refractivity contribution in [1.29, 1.82) is 0 Å². The molecule has 0 unspecified atom stereocenters.